The molecule has 1 N–H and O–H groups in total. The molecule has 1 fully saturated rings. The van der Waals surface area contributed by atoms with Crippen LogP contribution in [0.4, 0.5) is 10.1 Å². The van der Waals surface area contributed by atoms with Crippen LogP contribution in [-0.2, 0) is 6.61 Å². The molecule has 0 spiro atoms. The number of benzene rings is 1. The van der Waals surface area contributed by atoms with Gasteiger partial charge in [0.15, 0.2) is 0 Å². The Hall–Kier alpha value is -1.09. The van der Waals surface area contributed by atoms with Crippen molar-refractivity contribution in [1.29, 1.82) is 0 Å². The first-order valence-electron chi connectivity index (χ1n) is 6.88. The minimum atomic E-state index is -0.212. The molecular formula is C15H22FNO. The van der Waals surface area contributed by atoms with E-state index in [1.165, 1.54) is 18.9 Å². The van der Waals surface area contributed by atoms with Gasteiger partial charge in [0, 0.05) is 13.1 Å². The molecule has 0 aromatic heterocycles. The molecule has 1 aliphatic heterocycles. The van der Waals surface area contributed by atoms with Crippen molar-refractivity contribution >= 4 is 5.69 Å². The van der Waals surface area contributed by atoms with Crippen molar-refractivity contribution in [3.63, 3.8) is 0 Å². The van der Waals surface area contributed by atoms with Crippen LogP contribution in [0.3, 0.4) is 0 Å². The highest BCUT2D eigenvalue weighted by atomic mass is 19.1. The van der Waals surface area contributed by atoms with E-state index in [4.69, 9.17) is 5.11 Å². The predicted molar refractivity (Wildman–Crippen MR) is 72.2 cm³/mol. The van der Waals surface area contributed by atoms with Gasteiger partial charge >= 0.3 is 0 Å². The van der Waals surface area contributed by atoms with Crippen LogP contribution in [0.15, 0.2) is 18.2 Å². The van der Waals surface area contributed by atoms with Crippen LogP contribution in [0.5, 0.6) is 0 Å². The van der Waals surface area contributed by atoms with Gasteiger partial charge in [-0.2, -0.15) is 0 Å². The smallest absolute Gasteiger partial charge is 0.146 e. The summed E-state index contributed by atoms with van der Waals surface area (Å²) in [7, 11) is 0. The van der Waals surface area contributed by atoms with Gasteiger partial charge in [0.05, 0.1) is 12.3 Å². The van der Waals surface area contributed by atoms with Crippen LogP contribution in [0.1, 0.15) is 38.2 Å². The molecule has 0 bridgehead atoms. The Morgan fingerprint density at radius 3 is 2.83 bits per heavy atom. The summed E-state index contributed by atoms with van der Waals surface area (Å²) in [6.45, 7) is 4.01. The molecule has 1 unspecified atom stereocenters. The summed E-state index contributed by atoms with van der Waals surface area (Å²) in [5, 5.41) is 8.99. The van der Waals surface area contributed by atoms with Gasteiger partial charge < -0.3 is 10.0 Å². The van der Waals surface area contributed by atoms with Gasteiger partial charge in [0.2, 0.25) is 0 Å². The first-order chi connectivity index (χ1) is 8.74. The van der Waals surface area contributed by atoms with Gasteiger partial charge in [-0.3, -0.25) is 0 Å². The van der Waals surface area contributed by atoms with Crippen molar-refractivity contribution in [2.75, 3.05) is 18.0 Å². The zero-order valence-electron chi connectivity index (χ0n) is 11.0. The Morgan fingerprint density at radius 1 is 1.33 bits per heavy atom. The molecule has 3 heteroatoms. The lowest BCUT2D eigenvalue weighted by Crippen LogP contribution is -2.25. The van der Waals surface area contributed by atoms with Crippen molar-refractivity contribution in [3.8, 4) is 0 Å². The molecule has 1 aromatic rings. The zero-order valence-corrected chi connectivity index (χ0v) is 11.0. The highest BCUT2D eigenvalue weighted by Gasteiger charge is 2.18. The molecule has 2 rings (SSSR count). The fourth-order valence-electron chi connectivity index (χ4n) is 2.72. The molecule has 0 radical (unpaired) electrons. The summed E-state index contributed by atoms with van der Waals surface area (Å²) in [5.41, 5.74) is 1.32. The Kier molecular flexibility index (Phi) is 4.59. The third kappa shape index (κ3) is 3.02. The molecule has 100 valence electrons. The van der Waals surface area contributed by atoms with Crippen LogP contribution in [0.2, 0.25) is 0 Å². The minimum Gasteiger partial charge on any atom is -0.392 e. The number of nitrogens with zero attached hydrogens (tertiary/aromatic N) is 1. The van der Waals surface area contributed by atoms with E-state index in [1.807, 2.05) is 0 Å². The van der Waals surface area contributed by atoms with Crippen molar-refractivity contribution in [2.45, 2.75) is 39.2 Å². The average molecular weight is 251 g/mol. The number of rotatable bonds is 3. The highest BCUT2D eigenvalue weighted by molar-refractivity contribution is 5.49. The number of hydrogen-bond acceptors (Lipinski definition) is 2. The van der Waals surface area contributed by atoms with Gasteiger partial charge in [-0.1, -0.05) is 19.4 Å². The summed E-state index contributed by atoms with van der Waals surface area (Å²) in [6, 6.07) is 5.05. The molecule has 1 aliphatic rings. The van der Waals surface area contributed by atoms with Gasteiger partial charge in [-0.15, -0.1) is 0 Å². The van der Waals surface area contributed by atoms with E-state index in [2.05, 4.69) is 11.8 Å². The third-order valence-corrected chi connectivity index (χ3v) is 3.96. The van der Waals surface area contributed by atoms with Crippen LogP contribution in [-0.4, -0.2) is 18.2 Å². The van der Waals surface area contributed by atoms with Crippen molar-refractivity contribution in [1.82, 2.24) is 0 Å². The lowest BCUT2D eigenvalue weighted by atomic mass is 9.98. The lowest BCUT2D eigenvalue weighted by molar-refractivity contribution is 0.281. The Labute approximate surface area is 108 Å². The van der Waals surface area contributed by atoms with E-state index < -0.39 is 0 Å². The fraction of sp³-hybridized carbons (Fsp3) is 0.600. The van der Waals surface area contributed by atoms with Crippen LogP contribution in [0, 0.1) is 11.7 Å². The summed E-state index contributed by atoms with van der Waals surface area (Å²) in [6.07, 6.45) is 4.76. The zero-order chi connectivity index (χ0) is 13.0. The van der Waals surface area contributed by atoms with E-state index in [0.29, 0.717) is 11.3 Å². The summed E-state index contributed by atoms with van der Waals surface area (Å²) >= 11 is 0. The summed E-state index contributed by atoms with van der Waals surface area (Å²) < 4.78 is 14.0. The molecule has 1 atom stereocenters. The van der Waals surface area contributed by atoms with Crippen LogP contribution < -0.4 is 4.90 Å². The maximum atomic E-state index is 14.0. The normalized spacial score (nSPS) is 20.8. The van der Waals surface area contributed by atoms with Gasteiger partial charge in [-0.25, -0.2) is 4.39 Å². The Balaban J connectivity index is 2.11. The first-order valence-corrected chi connectivity index (χ1v) is 6.88. The molecule has 1 aromatic carbocycles. The molecule has 18 heavy (non-hydrogen) atoms. The topological polar surface area (TPSA) is 23.5 Å². The molecule has 1 saturated heterocycles. The Bertz CT molecular complexity index is 394. The molecule has 2 nitrogen and oxygen atoms in total. The number of hydrogen-bond donors (Lipinski definition) is 1. The van der Waals surface area contributed by atoms with Crippen LogP contribution >= 0.6 is 0 Å². The summed E-state index contributed by atoms with van der Waals surface area (Å²) in [4.78, 5) is 2.14. The minimum absolute atomic E-state index is 0.102. The largest absolute Gasteiger partial charge is 0.392 e. The van der Waals surface area contributed by atoms with Gasteiger partial charge in [-0.05, 0) is 42.9 Å². The van der Waals surface area contributed by atoms with Gasteiger partial charge in [0.25, 0.3) is 0 Å². The quantitative estimate of drug-likeness (QED) is 0.890. The highest BCUT2D eigenvalue weighted by Crippen LogP contribution is 2.26. The van der Waals surface area contributed by atoms with Crippen LogP contribution in [0.25, 0.3) is 0 Å². The van der Waals surface area contributed by atoms with Gasteiger partial charge in [0.1, 0.15) is 5.82 Å². The number of halogens is 1. The maximum absolute atomic E-state index is 14.0. The standard InChI is InChI=1S/C15H22FNO/c1-2-12-4-3-8-17(9-7-12)15-6-5-13(11-18)10-14(15)16/h5-6,10,12,18H,2-4,7-9,11H2,1H3. The van der Waals surface area contributed by atoms with E-state index in [9.17, 15) is 4.39 Å². The number of aliphatic hydroxyl groups excluding tert-OH is 1. The monoisotopic (exact) mass is 251 g/mol. The number of aliphatic hydroxyl groups is 1. The van der Waals surface area contributed by atoms with E-state index >= 15 is 0 Å². The van der Waals surface area contributed by atoms with E-state index in [0.717, 1.165) is 31.8 Å². The van der Waals surface area contributed by atoms with Crippen molar-refractivity contribution < 1.29 is 9.50 Å². The van der Waals surface area contributed by atoms with E-state index in [-0.39, 0.29) is 12.4 Å². The molecular weight excluding hydrogens is 229 g/mol. The second-order valence-corrected chi connectivity index (χ2v) is 5.14. The molecule has 1 heterocycles. The Morgan fingerprint density at radius 2 is 2.17 bits per heavy atom. The predicted octanol–water partition coefficient (Wildman–Crippen LogP) is 3.33. The maximum Gasteiger partial charge on any atom is 0.146 e. The van der Waals surface area contributed by atoms with Crippen molar-refractivity contribution in [2.24, 2.45) is 5.92 Å². The second-order valence-electron chi connectivity index (χ2n) is 5.14. The summed E-state index contributed by atoms with van der Waals surface area (Å²) in [5.74, 6) is 0.575. The molecule has 0 saturated carbocycles. The lowest BCUT2D eigenvalue weighted by Gasteiger charge is -2.23. The fourth-order valence-corrected chi connectivity index (χ4v) is 2.72. The molecule has 0 aliphatic carbocycles. The first kappa shape index (κ1) is 13.3. The average Bonchev–Trinajstić information content (AvgIpc) is 2.63. The molecule has 0 amide bonds. The van der Waals surface area contributed by atoms with E-state index in [1.54, 1.807) is 12.1 Å². The second kappa shape index (κ2) is 6.19. The third-order valence-electron chi connectivity index (χ3n) is 3.96. The number of anilines is 1. The SMILES string of the molecule is CCC1CCCN(c2ccc(CO)cc2F)CC1. The van der Waals surface area contributed by atoms with Crippen molar-refractivity contribution in [3.05, 3.63) is 29.6 Å².